The Hall–Kier alpha value is -0.830. The van der Waals surface area contributed by atoms with E-state index in [0.717, 1.165) is 11.7 Å². The van der Waals surface area contributed by atoms with Crippen LogP contribution in [0, 0.1) is 5.92 Å². The molecular formula is C12H21N3. The van der Waals surface area contributed by atoms with Gasteiger partial charge in [-0.3, -0.25) is 0 Å². The minimum Gasteiger partial charge on any atom is -0.331 e. The number of hydrogen-bond acceptors (Lipinski definition) is 2. The minimum atomic E-state index is 0.555. The summed E-state index contributed by atoms with van der Waals surface area (Å²) in [6.07, 6.45) is 10.6. The van der Waals surface area contributed by atoms with Crippen LogP contribution in [-0.4, -0.2) is 9.55 Å². The standard InChI is InChI=1S/C12H21N3/c1-2-10-5-3-4-6-11(10)15-8-7-14-12(15)9-13/h7-8,10-11H,2-6,9,13H2,1H3. The molecule has 2 atom stereocenters. The van der Waals surface area contributed by atoms with Gasteiger partial charge < -0.3 is 10.3 Å². The lowest BCUT2D eigenvalue weighted by atomic mass is 9.82. The Labute approximate surface area is 91.7 Å². The molecule has 1 aliphatic rings. The van der Waals surface area contributed by atoms with Crippen LogP contribution in [0.4, 0.5) is 0 Å². The van der Waals surface area contributed by atoms with Gasteiger partial charge in [0, 0.05) is 18.4 Å². The molecule has 1 aromatic heterocycles. The normalized spacial score (nSPS) is 26.8. The third-order valence-corrected chi connectivity index (χ3v) is 3.68. The summed E-state index contributed by atoms with van der Waals surface area (Å²) in [7, 11) is 0. The molecule has 0 bridgehead atoms. The summed E-state index contributed by atoms with van der Waals surface area (Å²) in [5.41, 5.74) is 5.71. The summed E-state index contributed by atoms with van der Waals surface area (Å²) in [6.45, 7) is 2.85. The highest BCUT2D eigenvalue weighted by molar-refractivity contribution is 4.96. The molecule has 1 heterocycles. The van der Waals surface area contributed by atoms with E-state index in [0.29, 0.717) is 12.6 Å². The van der Waals surface area contributed by atoms with Crippen molar-refractivity contribution >= 4 is 0 Å². The van der Waals surface area contributed by atoms with Crippen LogP contribution in [0.15, 0.2) is 12.4 Å². The van der Waals surface area contributed by atoms with Gasteiger partial charge in [-0.05, 0) is 18.8 Å². The molecule has 2 unspecified atom stereocenters. The Kier molecular flexibility index (Phi) is 3.41. The highest BCUT2D eigenvalue weighted by Crippen LogP contribution is 2.36. The molecule has 0 spiro atoms. The van der Waals surface area contributed by atoms with Crippen LogP contribution < -0.4 is 5.73 Å². The van der Waals surface area contributed by atoms with Crippen molar-refractivity contribution in [3.05, 3.63) is 18.2 Å². The maximum atomic E-state index is 5.71. The third-order valence-electron chi connectivity index (χ3n) is 3.68. The van der Waals surface area contributed by atoms with Gasteiger partial charge in [0.2, 0.25) is 0 Å². The molecule has 2 rings (SSSR count). The molecule has 84 valence electrons. The lowest BCUT2D eigenvalue weighted by molar-refractivity contribution is 0.228. The van der Waals surface area contributed by atoms with Crippen molar-refractivity contribution in [2.45, 2.75) is 51.6 Å². The minimum absolute atomic E-state index is 0.555. The molecule has 3 heteroatoms. The van der Waals surface area contributed by atoms with E-state index in [1.807, 2.05) is 6.20 Å². The van der Waals surface area contributed by atoms with Crippen LogP contribution in [0.5, 0.6) is 0 Å². The van der Waals surface area contributed by atoms with E-state index in [1.54, 1.807) is 0 Å². The predicted molar refractivity (Wildman–Crippen MR) is 61.4 cm³/mol. The van der Waals surface area contributed by atoms with Crippen LogP contribution in [0.1, 0.15) is 50.9 Å². The van der Waals surface area contributed by atoms with Crippen molar-refractivity contribution in [2.75, 3.05) is 0 Å². The molecule has 1 saturated carbocycles. The van der Waals surface area contributed by atoms with Gasteiger partial charge in [-0.25, -0.2) is 4.98 Å². The molecular weight excluding hydrogens is 186 g/mol. The number of nitrogens with zero attached hydrogens (tertiary/aromatic N) is 2. The monoisotopic (exact) mass is 207 g/mol. The number of rotatable bonds is 3. The zero-order valence-electron chi connectivity index (χ0n) is 9.52. The molecule has 2 N–H and O–H groups in total. The smallest absolute Gasteiger partial charge is 0.122 e. The fourth-order valence-corrected chi connectivity index (χ4v) is 2.83. The molecule has 0 saturated heterocycles. The summed E-state index contributed by atoms with van der Waals surface area (Å²) in [6, 6.07) is 0.643. The predicted octanol–water partition coefficient (Wildman–Crippen LogP) is 2.48. The highest BCUT2D eigenvalue weighted by Gasteiger charge is 2.25. The number of aromatic nitrogens is 2. The Morgan fingerprint density at radius 3 is 3.00 bits per heavy atom. The first-order valence-corrected chi connectivity index (χ1v) is 6.08. The topological polar surface area (TPSA) is 43.8 Å². The van der Waals surface area contributed by atoms with Crippen molar-refractivity contribution in [2.24, 2.45) is 11.7 Å². The van der Waals surface area contributed by atoms with E-state index < -0.39 is 0 Å². The van der Waals surface area contributed by atoms with Crippen LogP contribution in [-0.2, 0) is 6.54 Å². The average molecular weight is 207 g/mol. The maximum Gasteiger partial charge on any atom is 0.122 e. The lowest BCUT2D eigenvalue weighted by Gasteiger charge is -2.32. The third kappa shape index (κ3) is 2.07. The van der Waals surface area contributed by atoms with E-state index in [2.05, 4.69) is 22.7 Å². The van der Waals surface area contributed by atoms with E-state index in [-0.39, 0.29) is 0 Å². The fraction of sp³-hybridized carbons (Fsp3) is 0.750. The molecule has 15 heavy (non-hydrogen) atoms. The fourth-order valence-electron chi connectivity index (χ4n) is 2.83. The Bertz CT molecular complexity index is 306. The van der Waals surface area contributed by atoms with Crippen molar-refractivity contribution in [3.8, 4) is 0 Å². The van der Waals surface area contributed by atoms with Crippen LogP contribution >= 0.6 is 0 Å². The number of hydrogen-bond donors (Lipinski definition) is 1. The van der Waals surface area contributed by atoms with Crippen molar-refractivity contribution in [3.63, 3.8) is 0 Å². The van der Waals surface area contributed by atoms with Gasteiger partial charge in [0.15, 0.2) is 0 Å². The van der Waals surface area contributed by atoms with Gasteiger partial charge in [0.1, 0.15) is 5.82 Å². The molecule has 3 nitrogen and oxygen atoms in total. The van der Waals surface area contributed by atoms with Crippen molar-refractivity contribution in [1.82, 2.24) is 9.55 Å². The molecule has 1 fully saturated rings. The van der Waals surface area contributed by atoms with Crippen LogP contribution in [0.2, 0.25) is 0 Å². The van der Waals surface area contributed by atoms with Gasteiger partial charge in [-0.2, -0.15) is 0 Å². The van der Waals surface area contributed by atoms with Gasteiger partial charge in [-0.15, -0.1) is 0 Å². The van der Waals surface area contributed by atoms with Gasteiger partial charge in [-0.1, -0.05) is 26.2 Å². The second kappa shape index (κ2) is 4.79. The number of nitrogens with two attached hydrogens (primary N) is 1. The van der Waals surface area contributed by atoms with E-state index in [9.17, 15) is 0 Å². The van der Waals surface area contributed by atoms with E-state index >= 15 is 0 Å². The maximum absolute atomic E-state index is 5.71. The summed E-state index contributed by atoms with van der Waals surface area (Å²) < 4.78 is 2.31. The Morgan fingerprint density at radius 2 is 2.27 bits per heavy atom. The largest absolute Gasteiger partial charge is 0.331 e. The number of imidazole rings is 1. The Morgan fingerprint density at radius 1 is 1.47 bits per heavy atom. The first kappa shape index (κ1) is 10.7. The van der Waals surface area contributed by atoms with Crippen LogP contribution in [0.25, 0.3) is 0 Å². The van der Waals surface area contributed by atoms with E-state index in [1.165, 1.54) is 32.1 Å². The molecule has 0 amide bonds. The zero-order valence-corrected chi connectivity index (χ0v) is 9.52. The molecule has 0 aliphatic heterocycles. The lowest BCUT2D eigenvalue weighted by Crippen LogP contribution is -2.24. The van der Waals surface area contributed by atoms with Gasteiger partial charge in [0.25, 0.3) is 0 Å². The summed E-state index contributed by atoms with van der Waals surface area (Å²) >= 11 is 0. The highest BCUT2D eigenvalue weighted by atomic mass is 15.1. The quantitative estimate of drug-likeness (QED) is 0.827. The second-order valence-corrected chi connectivity index (χ2v) is 4.47. The molecule has 0 aromatic carbocycles. The first-order chi connectivity index (χ1) is 7.36. The van der Waals surface area contributed by atoms with Crippen molar-refractivity contribution in [1.29, 1.82) is 0 Å². The van der Waals surface area contributed by atoms with Gasteiger partial charge >= 0.3 is 0 Å². The molecule has 1 aliphatic carbocycles. The summed E-state index contributed by atoms with van der Waals surface area (Å²) in [5.74, 6) is 1.86. The molecule has 0 radical (unpaired) electrons. The van der Waals surface area contributed by atoms with Crippen molar-refractivity contribution < 1.29 is 0 Å². The summed E-state index contributed by atoms with van der Waals surface area (Å²) in [5, 5.41) is 0. The van der Waals surface area contributed by atoms with Crippen LogP contribution in [0.3, 0.4) is 0 Å². The average Bonchev–Trinajstić information content (AvgIpc) is 2.76. The second-order valence-electron chi connectivity index (χ2n) is 4.47. The summed E-state index contributed by atoms with van der Waals surface area (Å²) in [4.78, 5) is 4.32. The SMILES string of the molecule is CCC1CCCCC1n1ccnc1CN. The van der Waals surface area contributed by atoms with E-state index in [4.69, 9.17) is 5.73 Å². The first-order valence-electron chi connectivity index (χ1n) is 6.08. The zero-order chi connectivity index (χ0) is 10.7. The molecule has 1 aromatic rings. The van der Waals surface area contributed by atoms with Gasteiger partial charge in [0.05, 0.1) is 6.54 Å². The Balaban J connectivity index is 2.20.